The van der Waals surface area contributed by atoms with Crippen molar-refractivity contribution in [1.82, 2.24) is 0 Å². The standard InChI is InChI=1S/C16H21Cl2NO/c1-10-5-4-6-16(2,3)15(10)19-9-11-7-12(17)8-13(18)14(11)20/h7-10,15,20H,4-6H2,1-3H3/t10-,15+/m0/s1. The van der Waals surface area contributed by atoms with Gasteiger partial charge in [-0.1, -0.05) is 50.4 Å². The second kappa shape index (κ2) is 5.95. The highest BCUT2D eigenvalue weighted by molar-refractivity contribution is 6.36. The van der Waals surface area contributed by atoms with Crippen molar-refractivity contribution in [3.63, 3.8) is 0 Å². The van der Waals surface area contributed by atoms with Crippen LogP contribution in [-0.4, -0.2) is 17.4 Å². The molecule has 0 radical (unpaired) electrons. The number of hydrogen-bond acceptors (Lipinski definition) is 2. The summed E-state index contributed by atoms with van der Waals surface area (Å²) >= 11 is 11.9. The molecule has 1 aromatic carbocycles. The molecular weight excluding hydrogens is 293 g/mol. The minimum Gasteiger partial charge on any atom is -0.506 e. The summed E-state index contributed by atoms with van der Waals surface area (Å²) < 4.78 is 0. The van der Waals surface area contributed by atoms with Crippen molar-refractivity contribution in [3.8, 4) is 5.75 Å². The van der Waals surface area contributed by atoms with Crippen LogP contribution in [0.25, 0.3) is 0 Å². The number of phenolic OH excluding ortho intramolecular Hbond substituents is 1. The lowest BCUT2D eigenvalue weighted by Crippen LogP contribution is -2.37. The highest BCUT2D eigenvalue weighted by Gasteiger charge is 2.36. The van der Waals surface area contributed by atoms with E-state index in [9.17, 15) is 5.11 Å². The van der Waals surface area contributed by atoms with Crippen molar-refractivity contribution in [3.05, 3.63) is 27.7 Å². The van der Waals surface area contributed by atoms with Crippen molar-refractivity contribution >= 4 is 29.4 Å². The van der Waals surface area contributed by atoms with E-state index in [4.69, 9.17) is 28.2 Å². The Morgan fingerprint density at radius 3 is 2.70 bits per heavy atom. The summed E-state index contributed by atoms with van der Waals surface area (Å²) in [4.78, 5) is 4.73. The van der Waals surface area contributed by atoms with E-state index in [2.05, 4.69) is 20.8 Å². The van der Waals surface area contributed by atoms with E-state index in [1.807, 2.05) is 0 Å². The highest BCUT2D eigenvalue weighted by atomic mass is 35.5. The van der Waals surface area contributed by atoms with Crippen molar-refractivity contribution < 1.29 is 5.11 Å². The average Bonchev–Trinajstić information content (AvgIpc) is 2.33. The maximum atomic E-state index is 9.97. The fourth-order valence-corrected chi connectivity index (χ4v) is 3.66. The van der Waals surface area contributed by atoms with Gasteiger partial charge in [0.25, 0.3) is 0 Å². The van der Waals surface area contributed by atoms with E-state index >= 15 is 0 Å². The maximum absolute atomic E-state index is 9.97. The Morgan fingerprint density at radius 2 is 2.05 bits per heavy atom. The Hall–Kier alpha value is -0.730. The summed E-state index contributed by atoms with van der Waals surface area (Å²) in [5.74, 6) is 0.591. The van der Waals surface area contributed by atoms with Gasteiger partial charge in [-0.15, -0.1) is 0 Å². The van der Waals surface area contributed by atoms with Crippen LogP contribution in [0.2, 0.25) is 10.0 Å². The molecule has 1 N–H and O–H groups in total. The predicted octanol–water partition coefficient (Wildman–Crippen LogP) is 5.33. The maximum Gasteiger partial charge on any atom is 0.143 e. The van der Waals surface area contributed by atoms with Gasteiger partial charge in [-0.2, -0.15) is 0 Å². The van der Waals surface area contributed by atoms with Gasteiger partial charge < -0.3 is 5.11 Å². The van der Waals surface area contributed by atoms with Crippen LogP contribution in [0.1, 0.15) is 45.6 Å². The van der Waals surface area contributed by atoms with Gasteiger partial charge in [0.05, 0.1) is 11.1 Å². The normalized spacial score (nSPS) is 26.1. The van der Waals surface area contributed by atoms with E-state index in [-0.39, 0.29) is 22.2 Å². The molecular formula is C16H21Cl2NO. The number of phenols is 1. The largest absolute Gasteiger partial charge is 0.506 e. The molecule has 0 saturated heterocycles. The van der Waals surface area contributed by atoms with Gasteiger partial charge in [0.15, 0.2) is 0 Å². The first-order valence-corrected chi connectivity index (χ1v) is 7.78. The monoisotopic (exact) mass is 313 g/mol. The molecule has 0 aliphatic heterocycles. The third-order valence-electron chi connectivity index (χ3n) is 4.25. The van der Waals surface area contributed by atoms with Gasteiger partial charge in [0.1, 0.15) is 5.75 Å². The van der Waals surface area contributed by atoms with Crippen molar-refractivity contribution in [1.29, 1.82) is 0 Å². The van der Waals surface area contributed by atoms with Crippen molar-refractivity contribution in [2.24, 2.45) is 16.3 Å². The van der Waals surface area contributed by atoms with Gasteiger partial charge in [0, 0.05) is 16.8 Å². The zero-order valence-corrected chi connectivity index (χ0v) is 13.7. The molecule has 2 nitrogen and oxygen atoms in total. The summed E-state index contributed by atoms with van der Waals surface area (Å²) in [5, 5.41) is 10.7. The minimum atomic E-state index is 0.0427. The molecule has 0 heterocycles. The smallest absolute Gasteiger partial charge is 0.143 e. The van der Waals surface area contributed by atoms with Crippen LogP contribution in [-0.2, 0) is 0 Å². The molecule has 1 aliphatic rings. The third kappa shape index (κ3) is 3.29. The highest BCUT2D eigenvalue weighted by Crippen LogP contribution is 2.41. The first kappa shape index (κ1) is 15.7. The van der Waals surface area contributed by atoms with Crippen LogP contribution in [0, 0.1) is 11.3 Å². The summed E-state index contributed by atoms with van der Waals surface area (Å²) in [7, 11) is 0. The molecule has 0 spiro atoms. The number of hydrogen-bond donors (Lipinski definition) is 1. The van der Waals surface area contributed by atoms with E-state index in [1.165, 1.54) is 25.3 Å². The molecule has 2 rings (SSSR count). The molecule has 1 aromatic rings. The Kier molecular flexibility index (Phi) is 4.66. The predicted molar refractivity (Wildman–Crippen MR) is 86.3 cm³/mol. The average molecular weight is 314 g/mol. The summed E-state index contributed by atoms with van der Waals surface area (Å²) in [5.41, 5.74) is 0.766. The molecule has 110 valence electrons. The molecule has 1 saturated carbocycles. The van der Waals surface area contributed by atoms with Crippen LogP contribution in [0.15, 0.2) is 17.1 Å². The van der Waals surface area contributed by atoms with Gasteiger partial charge in [-0.3, -0.25) is 4.99 Å². The molecule has 4 heteroatoms. The van der Waals surface area contributed by atoms with E-state index in [0.717, 1.165) is 0 Å². The molecule has 2 atom stereocenters. The molecule has 0 amide bonds. The zero-order chi connectivity index (χ0) is 14.9. The Balaban J connectivity index is 2.28. The minimum absolute atomic E-state index is 0.0427. The summed E-state index contributed by atoms with van der Waals surface area (Å²) in [6.07, 6.45) is 5.35. The van der Waals surface area contributed by atoms with Crippen LogP contribution in [0.4, 0.5) is 0 Å². The molecule has 1 fully saturated rings. The van der Waals surface area contributed by atoms with Gasteiger partial charge in [-0.05, 0) is 36.3 Å². The number of nitrogens with zero attached hydrogens (tertiary/aromatic N) is 1. The fraction of sp³-hybridized carbons (Fsp3) is 0.562. The van der Waals surface area contributed by atoms with E-state index in [1.54, 1.807) is 12.3 Å². The van der Waals surface area contributed by atoms with Crippen LogP contribution in [0.3, 0.4) is 0 Å². The lowest BCUT2D eigenvalue weighted by molar-refractivity contribution is 0.151. The van der Waals surface area contributed by atoms with Crippen LogP contribution < -0.4 is 0 Å². The SMILES string of the molecule is C[C@H]1CCCC(C)(C)[C@@H]1N=Cc1cc(Cl)cc(Cl)c1O. The second-order valence-corrected chi connectivity index (χ2v) is 7.25. The van der Waals surface area contributed by atoms with E-state index in [0.29, 0.717) is 16.5 Å². The molecule has 0 unspecified atom stereocenters. The third-order valence-corrected chi connectivity index (χ3v) is 4.76. The lowest BCUT2D eigenvalue weighted by Gasteiger charge is -2.40. The topological polar surface area (TPSA) is 32.6 Å². The molecule has 20 heavy (non-hydrogen) atoms. The first-order valence-electron chi connectivity index (χ1n) is 7.02. The summed E-state index contributed by atoms with van der Waals surface area (Å²) in [6, 6.07) is 3.48. The number of aromatic hydroxyl groups is 1. The molecule has 0 bridgehead atoms. The number of halogens is 2. The number of aliphatic imine (C=N–C) groups is 1. The molecule has 1 aliphatic carbocycles. The Bertz CT molecular complexity index is 525. The number of rotatable bonds is 2. The quantitative estimate of drug-likeness (QED) is 0.735. The van der Waals surface area contributed by atoms with E-state index < -0.39 is 0 Å². The zero-order valence-electron chi connectivity index (χ0n) is 12.2. The number of benzene rings is 1. The molecule has 0 aromatic heterocycles. The lowest BCUT2D eigenvalue weighted by atomic mass is 9.69. The first-order chi connectivity index (χ1) is 9.31. The van der Waals surface area contributed by atoms with Crippen molar-refractivity contribution in [2.45, 2.75) is 46.1 Å². The Labute approximate surface area is 130 Å². The van der Waals surface area contributed by atoms with Gasteiger partial charge >= 0.3 is 0 Å². The van der Waals surface area contributed by atoms with Gasteiger partial charge in [-0.25, -0.2) is 0 Å². The van der Waals surface area contributed by atoms with Gasteiger partial charge in [0.2, 0.25) is 0 Å². The second-order valence-electron chi connectivity index (χ2n) is 6.41. The van der Waals surface area contributed by atoms with Crippen molar-refractivity contribution in [2.75, 3.05) is 0 Å². The summed E-state index contributed by atoms with van der Waals surface area (Å²) in [6.45, 7) is 6.76. The Morgan fingerprint density at radius 1 is 1.35 bits per heavy atom. The fourth-order valence-electron chi connectivity index (χ4n) is 3.15. The van der Waals surface area contributed by atoms with Crippen LogP contribution >= 0.6 is 23.2 Å². The van der Waals surface area contributed by atoms with Crippen LogP contribution in [0.5, 0.6) is 5.75 Å².